The van der Waals surface area contributed by atoms with Crippen LogP contribution in [0.2, 0.25) is 0 Å². The molecule has 1 aromatic carbocycles. The first-order valence-corrected chi connectivity index (χ1v) is 9.63. The number of carbonyl (C=O) groups excluding carboxylic acids is 2. The van der Waals surface area contributed by atoms with Crippen LogP contribution in [0.1, 0.15) is 29.7 Å². The molecule has 0 saturated carbocycles. The summed E-state index contributed by atoms with van der Waals surface area (Å²) in [6.07, 6.45) is 2.09. The zero-order valence-corrected chi connectivity index (χ0v) is 16.4. The van der Waals surface area contributed by atoms with Gasteiger partial charge in [0, 0.05) is 16.4 Å². The number of methoxy groups -OCH3 is 2. The average Bonchev–Trinajstić information content (AvgIpc) is 3.21. The molecular formula is C21H22O5S. The third-order valence-corrected chi connectivity index (χ3v) is 5.67. The van der Waals surface area contributed by atoms with Gasteiger partial charge in [-0.2, -0.15) is 0 Å². The van der Waals surface area contributed by atoms with Gasteiger partial charge in [0.25, 0.3) is 0 Å². The van der Waals surface area contributed by atoms with Gasteiger partial charge in [-0.1, -0.05) is 6.07 Å². The molecule has 1 aliphatic rings. The third-order valence-electron chi connectivity index (χ3n) is 4.67. The van der Waals surface area contributed by atoms with Crippen LogP contribution in [-0.4, -0.2) is 32.6 Å². The molecule has 0 N–H and O–H groups in total. The number of benzene rings is 1. The first-order chi connectivity index (χ1) is 13.1. The zero-order chi connectivity index (χ0) is 19.4. The van der Waals surface area contributed by atoms with Gasteiger partial charge in [0.05, 0.1) is 20.8 Å². The number of hydrogen-bond donors (Lipinski definition) is 0. The molecule has 1 aliphatic carbocycles. The standard InChI is InChI=1S/C21H22O5S/c1-4-26-21(23)20-16(19-6-5-9-27-19)10-13(11-17(20)22)15-12-14(24-2)7-8-18(15)25-3/h5-9,11-12,16,20H,4,10H2,1-3H3. The van der Waals surface area contributed by atoms with Crippen LogP contribution in [0.15, 0.2) is 41.8 Å². The lowest BCUT2D eigenvalue weighted by Crippen LogP contribution is -2.33. The molecule has 3 rings (SSSR count). The molecule has 0 bridgehead atoms. The van der Waals surface area contributed by atoms with Gasteiger partial charge < -0.3 is 14.2 Å². The quantitative estimate of drug-likeness (QED) is 0.553. The van der Waals surface area contributed by atoms with E-state index in [1.165, 1.54) is 0 Å². The van der Waals surface area contributed by atoms with Crippen LogP contribution in [0.4, 0.5) is 0 Å². The van der Waals surface area contributed by atoms with E-state index in [0.717, 1.165) is 16.0 Å². The van der Waals surface area contributed by atoms with Gasteiger partial charge in [-0.3, -0.25) is 9.59 Å². The Balaban J connectivity index is 2.05. The van der Waals surface area contributed by atoms with E-state index in [2.05, 4.69) is 0 Å². The summed E-state index contributed by atoms with van der Waals surface area (Å²) in [5.74, 6) is -0.433. The molecule has 0 spiro atoms. The highest BCUT2D eigenvalue weighted by Gasteiger charge is 2.40. The number of rotatable bonds is 6. The van der Waals surface area contributed by atoms with E-state index in [1.54, 1.807) is 38.6 Å². The van der Waals surface area contributed by atoms with Gasteiger partial charge in [0.15, 0.2) is 5.78 Å². The van der Waals surface area contributed by atoms with Gasteiger partial charge in [-0.25, -0.2) is 0 Å². The van der Waals surface area contributed by atoms with Crippen LogP contribution in [-0.2, 0) is 14.3 Å². The van der Waals surface area contributed by atoms with Crippen molar-refractivity contribution in [1.29, 1.82) is 0 Å². The molecule has 0 aliphatic heterocycles. The van der Waals surface area contributed by atoms with Crippen molar-refractivity contribution in [1.82, 2.24) is 0 Å². The minimum absolute atomic E-state index is 0.238. The van der Waals surface area contributed by atoms with E-state index in [9.17, 15) is 9.59 Å². The highest BCUT2D eigenvalue weighted by Crippen LogP contribution is 2.44. The van der Waals surface area contributed by atoms with Crippen LogP contribution in [0, 0.1) is 5.92 Å². The Hall–Kier alpha value is -2.60. The molecule has 0 fully saturated rings. The summed E-state index contributed by atoms with van der Waals surface area (Å²) >= 11 is 1.54. The van der Waals surface area contributed by atoms with Crippen molar-refractivity contribution >= 4 is 28.7 Å². The number of thiophene rings is 1. The fourth-order valence-corrected chi connectivity index (χ4v) is 4.27. The summed E-state index contributed by atoms with van der Waals surface area (Å²) in [6, 6.07) is 9.37. The Bertz CT molecular complexity index is 853. The predicted molar refractivity (Wildman–Crippen MR) is 104 cm³/mol. The number of allylic oxidation sites excluding steroid dienone is 2. The Morgan fingerprint density at radius 2 is 2.04 bits per heavy atom. The molecule has 2 unspecified atom stereocenters. The van der Waals surface area contributed by atoms with Gasteiger partial charge in [0.2, 0.25) is 0 Å². The van der Waals surface area contributed by atoms with Crippen molar-refractivity contribution in [3.05, 3.63) is 52.2 Å². The van der Waals surface area contributed by atoms with Crippen LogP contribution in [0.5, 0.6) is 11.5 Å². The van der Waals surface area contributed by atoms with Crippen molar-refractivity contribution in [2.45, 2.75) is 19.3 Å². The summed E-state index contributed by atoms with van der Waals surface area (Å²) in [5.41, 5.74) is 1.63. The summed E-state index contributed by atoms with van der Waals surface area (Å²) in [7, 11) is 3.19. The maximum Gasteiger partial charge on any atom is 0.317 e. The number of ketones is 1. The number of carbonyl (C=O) groups is 2. The molecular weight excluding hydrogens is 364 g/mol. The Labute approximate surface area is 162 Å². The molecule has 0 radical (unpaired) electrons. The lowest BCUT2D eigenvalue weighted by Gasteiger charge is -2.29. The Morgan fingerprint density at radius 3 is 2.67 bits per heavy atom. The van der Waals surface area contributed by atoms with E-state index in [4.69, 9.17) is 14.2 Å². The fraction of sp³-hybridized carbons (Fsp3) is 0.333. The number of ether oxygens (including phenoxy) is 3. The number of hydrogen-bond acceptors (Lipinski definition) is 6. The molecule has 0 saturated heterocycles. The van der Waals surface area contributed by atoms with Crippen LogP contribution in [0.25, 0.3) is 5.57 Å². The topological polar surface area (TPSA) is 61.8 Å². The minimum Gasteiger partial charge on any atom is -0.497 e. The van der Waals surface area contributed by atoms with Gasteiger partial charge >= 0.3 is 5.97 Å². The van der Waals surface area contributed by atoms with Crippen molar-refractivity contribution in [3.8, 4) is 11.5 Å². The molecule has 5 nitrogen and oxygen atoms in total. The summed E-state index contributed by atoms with van der Waals surface area (Å²) < 4.78 is 16.0. The molecule has 1 heterocycles. The Morgan fingerprint density at radius 1 is 1.22 bits per heavy atom. The van der Waals surface area contributed by atoms with E-state index in [0.29, 0.717) is 17.9 Å². The first-order valence-electron chi connectivity index (χ1n) is 8.75. The summed E-state index contributed by atoms with van der Waals surface area (Å²) in [6.45, 7) is 1.99. The lowest BCUT2D eigenvalue weighted by molar-refractivity contribution is -0.151. The van der Waals surface area contributed by atoms with E-state index < -0.39 is 11.9 Å². The molecule has 27 heavy (non-hydrogen) atoms. The molecule has 2 atom stereocenters. The first kappa shape index (κ1) is 19.2. The fourth-order valence-electron chi connectivity index (χ4n) is 3.41. The van der Waals surface area contributed by atoms with Crippen molar-refractivity contribution < 1.29 is 23.8 Å². The summed E-state index contributed by atoms with van der Waals surface area (Å²) in [5, 5.41) is 1.95. The molecule has 1 aromatic heterocycles. The van der Waals surface area contributed by atoms with Crippen molar-refractivity contribution in [3.63, 3.8) is 0 Å². The third kappa shape index (κ3) is 3.90. The molecule has 2 aromatic rings. The maximum atomic E-state index is 12.9. The monoisotopic (exact) mass is 386 g/mol. The molecule has 6 heteroatoms. The van der Waals surface area contributed by atoms with Crippen molar-refractivity contribution in [2.75, 3.05) is 20.8 Å². The smallest absolute Gasteiger partial charge is 0.317 e. The second-order valence-corrected chi connectivity index (χ2v) is 7.17. The lowest BCUT2D eigenvalue weighted by atomic mass is 9.76. The largest absolute Gasteiger partial charge is 0.497 e. The zero-order valence-electron chi connectivity index (χ0n) is 15.6. The van der Waals surface area contributed by atoms with Crippen molar-refractivity contribution in [2.24, 2.45) is 5.92 Å². The van der Waals surface area contributed by atoms with Gasteiger partial charge in [0.1, 0.15) is 17.4 Å². The highest BCUT2D eigenvalue weighted by molar-refractivity contribution is 7.10. The SMILES string of the molecule is CCOC(=O)C1C(=O)C=C(c2cc(OC)ccc2OC)CC1c1cccs1. The van der Waals surface area contributed by atoms with Gasteiger partial charge in [-0.15, -0.1) is 11.3 Å². The van der Waals surface area contributed by atoms with Crippen LogP contribution >= 0.6 is 11.3 Å². The maximum absolute atomic E-state index is 12.9. The predicted octanol–water partition coefficient (Wildman–Crippen LogP) is 4.08. The van der Waals surface area contributed by atoms with Gasteiger partial charge in [-0.05, 0) is 54.6 Å². The normalized spacial score (nSPS) is 19.4. The van der Waals surface area contributed by atoms with E-state index >= 15 is 0 Å². The van der Waals surface area contributed by atoms with Crippen LogP contribution in [0.3, 0.4) is 0 Å². The molecule has 0 amide bonds. The van der Waals surface area contributed by atoms with Crippen LogP contribution < -0.4 is 9.47 Å². The molecule has 142 valence electrons. The second-order valence-electron chi connectivity index (χ2n) is 6.19. The minimum atomic E-state index is -0.816. The second kappa shape index (κ2) is 8.39. The highest BCUT2D eigenvalue weighted by atomic mass is 32.1. The summed E-state index contributed by atoms with van der Waals surface area (Å²) in [4.78, 5) is 26.4. The van der Waals surface area contributed by atoms with E-state index in [1.807, 2.05) is 35.7 Å². The number of esters is 1. The van der Waals surface area contributed by atoms with E-state index in [-0.39, 0.29) is 18.3 Å². The average molecular weight is 386 g/mol. The Kier molecular flexibility index (Phi) is 5.96.